The molecule has 0 spiro atoms. The van der Waals surface area contributed by atoms with E-state index in [0.29, 0.717) is 19.6 Å². The van der Waals surface area contributed by atoms with Crippen molar-refractivity contribution in [3.05, 3.63) is 0 Å². The molecule has 2 heterocycles. The van der Waals surface area contributed by atoms with E-state index in [1.165, 1.54) is 0 Å². The summed E-state index contributed by atoms with van der Waals surface area (Å²) in [5.41, 5.74) is 0. The molecule has 1 N–H and O–H groups in total. The minimum Gasteiger partial charge on any atom is -0.314 e. The lowest BCUT2D eigenvalue weighted by atomic mass is 10.2. The minimum absolute atomic E-state index is 0.0701. The molecular formula is C10H21N3O2S. The van der Waals surface area contributed by atoms with Crippen molar-refractivity contribution in [2.24, 2.45) is 0 Å². The zero-order valence-electron chi connectivity index (χ0n) is 9.85. The second-order valence-corrected chi connectivity index (χ2v) is 6.51. The highest BCUT2D eigenvalue weighted by Crippen LogP contribution is 2.19. The SMILES string of the molecule is C[C@H]1CNCCN1S(=O)(=O)N1CCCCC1. The van der Waals surface area contributed by atoms with Crippen LogP contribution in [0.2, 0.25) is 0 Å². The van der Waals surface area contributed by atoms with Crippen LogP contribution in [0.5, 0.6) is 0 Å². The molecule has 2 rings (SSSR count). The van der Waals surface area contributed by atoms with Gasteiger partial charge in [-0.2, -0.15) is 17.0 Å². The van der Waals surface area contributed by atoms with Crippen LogP contribution >= 0.6 is 0 Å². The topological polar surface area (TPSA) is 52.7 Å². The van der Waals surface area contributed by atoms with Gasteiger partial charge >= 0.3 is 0 Å². The van der Waals surface area contributed by atoms with Crippen molar-refractivity contribution in [3.8, 4) is 0 Å². The molecule has 0 unspecified atom stereocenters. The highest BCUT2D eigenvalue weighted by molar-refractivity contribution is 7.86. The van der Waals surface area contributed by atoms with Crippen LogP contribution in [0, 0.1) is 0 Å². The van der Waals surface area contributed by atoms with Gasteiger partial charge in [0.25, 0.3) is 10.2 Å². The zero-order chi connectivity index (χ0) is 11.6. The lowest BCUT2D eigenvalue weighted by Gasteiger charge is -2.37. The molecule has 16 heavy (non-hydrogen) atoms. The smallest absolute Gasteiger partial charge is 0.282 e. The van der Waals surface area contributed by atoms with Crippen LogP contribution in [-0.2, 0) is 10.2 Å². The summed E-state index contributed by atoms with van der Waals surface area (Å²) in [7, 11) is -3.21. The van der Waals surface area contributed by atoms with Crippen molar-refractivity contribution in [1.29, 1.82) is 0 Å². The predicted octanol–water partition coefficient (Wildman–Crippen LogP) is 0.0108. The fraction of sp³-hybridized carbons (Fsp3) is 1.00. The first-order valence-corrected chi connectivity index (χ1v) is 7.50. The summed E-state index contributed by atoms with van der Waals surface area (Å²) >= 11 is 0. The monoisotopic (exact) mass is 247 g/mol. The summed E-state index contributed by atoms with van der Waals surface area (Å²) in [6.45, 7) is 5.47. The molecule has 2 aliphatic heterocycles. The Labute approximate surface area is 98.0 Å². The summed E-state index contributed by atoms with van der Waals surface area (Å²) in [5.74, 6) is 0. The highest BCUT2D eigenvalue weighted by atomic mass is 32.2. The molecular weight excluding hydrogens is 226 g/mol. The maximum atomic E-state index is 12.4. The van der Waals surface area contributed by atoms with Crippen molar-refractivity contribution in [1.82, 2.24) is 13.9 Å². The van der Waals surface area contributed by atoms with Gasteiger partial charge in [0, 0.05) is 38.8 Å². The molecule has 5 nitrogen and oxygen atoms in total. The fourth-order valence-corrected chi connectivity index (χ4v) is 4.28. The first-order chi connectivity index (χ1) is 7.62. The molecule has 0 amide bonds. The third-order valence-corrected chi connectivity index (χ3v) is 5.53. The van der Waals surface area contributed by atoms with Crippen LogP contribution in [0.4, 0.5) is 0 Å². The average molecular weight is 247 g/mol. The molecule has 0 aromatic rings. The summed E-state index contributed by atoms with van der Waals surface area (Å²) in [6, 6.07) is 0.0701. The van der Waals surface area contributed by atoms with Crippen LogP contribution in [-0.4, -0.2) is 55.8 Å². The molecule has 0 aromatic carbocycles. The first-order valence-electron chi connectivity index (χ1n) is 6.10. The minimum atomic E-state index is -3.21. The Kier molecular flexibility index (Phi) is 3.84. The van der Waals surface area contributed by atoms with Gasteiger partial charge in [0.15, 0.2) is 0 Å². The van der Waals surface area contributed by atoms with E-state index < -0.39 is 10.2 Å². The van der Waals surface area contributed by atoms with Gasteiger partial charge in [0.1, 0.15) is 0 Å². The molecule has 0 bridgehead atoms. The van der Waals surface area contributed by atoms with E-state index in [0.717, 1.165) is 32.4 Å². The molecule has 1 atom stereocenters. The summed E-state index contributed by atoms with van der Waals surface area (Å²) in [5, 5.41) is 3.21. The Morgan fingerprint density at radius 2 is 1.81 bits per heavy atom. The Bertz CT molecular complexity index is 325. The Morgan fingerprint density at radius 1 is 1.12 bits per heavy atom. The maximum Gasteiger partial charge on any atom is 0.282 e. The van der Waals surface area contributed by atoms with E-state index in [9.17, 15) is 8.42 Å². The van der Waals surface area contributed by atoms with Crippen LogP contribution in [0.15, 0.2) is 0 Å². The number of rotatable bonds is 2. The second kappa shape index (κ2) is 5.00. The van der Waals surface area contributed by atoms with E-state index in [4.69, 9.17) is 0 Å². The third kappa shape index (κ3) is 2.40. The first kappa shape index (κ1) is 12.3. The molecule has 2 aliphatic rings. The van der Waals surface area contributed by atoms with Gasteiger partial charge in [0.2, 0.25) is 0 Å². The van der Waals surface area contributed by atoms with Crippen LogP contribution in [0.25, 0.3) is 0 Å². The van der Waals surface area contributed by atoms with Gasteiger partial charge in [-0.15, -0.1) is 0 Å². The van der Waals surface area contributed by atoms with Gasteiger partial charge in [-0.05, 0) is 19.8 Å². The largest absolute Gasteiger partial charge is 0.314 e. The van der Waals surface area contributed by atoms with Crippen molar-refractivity contribution in [2.75, 3.05) is 32.7 Å². The van der Waals surface area contributed by atoms with Crippen molar-refractivity contribution < 1.29 is 8.42 Å². The molecule has 94 valence electrons. The van der Waals surface area contributed by atoms with Crippen LogP contribution in [0.1, 0.15) is 26.2 Å². The average Bonchev–Trinajstić information content (AvgIpc) is 2.30. The van der Waals surface area contributed by atoms with Crippen molar-refractivity contribution in [3.63, 3.8) is 0 Å². The number of hydrogen-bond donors (Lipinski definition) is 1. The van der Waals surface area contributed by atoms with E-state index in [1.807, 2.05) is 6.92 Å². The number of nitrogens with zero attached hydrogens (tertiary/aromatic N) is 2. The predicted molar refractivity (Wildman–Crippen MR) is 63.4 cm³/mol. The molecule has 2 saturated heterocycles. The Hall–Kier alpha value is -0.170. The zero-order valence-corrected chi connectivity index (χ0v) is 10.7. The normalized spacial score (nSPS) is 30.4. The van der Waals surface area contributed by atoms with Crippen molar-refractivity contribution in [2.45, 2.75) is 32.2 Å². The summed E-state index contributed by atoms with van der Waals surface area (Å²) in [6.07, 6.45) is 3.16. The standard InChI is InChI=1S/C10H21N3O2S/c1-10-9-11-5-8-13(10)16(14,15)12-6-3-2-4-7-12/h10-11H,2-9H2,1H3/t10-/m0/s1. The van der Waals surface area contributed by atoms with Gasteiger partial charge < -0.3 is 5.32 Å². The maximum absolute atomic E-state index is 12.4. The molecule has 6 heteroatoms. The number of piperazine rings is 1. The van der Waals surface area contributed by atoms with E-state index in [1.54, 1.807) is 8.61 Å². The highest BCUT2D eigenvalue weighted by Gasteiger charge is 2.34. The van der Waals surface area contributed by atoms with Crippen LogP contribution < -0.4 is 5.32 Å². The molecule has 2 fully saturated rings. The lowest BCUT2D eigenvalue weighted by Crippen LogP contribution is -2.56. The fourth-order valence-electron chi connectivity index (χ4n) is 2.41. The van der Waals surface area contributed by atoms with Gasteiger partial charge in [-0.1, -0.05) is 6.42 Å². The van der Waals surface area contributed by atoms with Crippen LogP contribution in [0.3, 0.4) is 0 Å². The summed E-state index contributed by atoms with van der Waals surface area (Å²) < 4.78 is 28.0. The quantitative estimate of drug-likeness (QED) is 0.748. The number of hydrogen-bond acceptors (Lipinski definition) is 3. The molecule has 0 aromatic heterocycles. The lowest BCUT2D eigenvalue weighted by molar-refractivity contribution is 0.246. The van der Waals surface area contributed by atoms with E-state index >= 15 is 0 Å². The summed E-state index contributed by atoms with van der Waals surface area (Å²) in [4.78, 5) is 0. The number of piperidine rings is 1. The molecule has 0 radical (unpaired) electrons. The molecule has 0 saturated carbocycles. The molecule has 0 aliphatic carbocycles. The Morgan fingerprint density at radius 3 is 2.44 bits per heavy atom. The van der Waals surface area contributed by atoms with Crippen molar-refractivity contribution >= 4 is 10.2 Å². The second-order valence-electron chi connectivity index (χ2n) is 4.63. The third-order valence-electron chi connectivity index (χ3n) is 3.38. The number of nitrogens with one attached hydrogen (secondary N) is 1. The van der Waals surface area contributed by atoms with Gasteiger partial charge in [-0.25, -0.2) is 0 Å². The van der Waals surface area contributed by atoms with E-state index in [2.05, 4.69) is 5.32 Å². The van der Waals surface area contributed by atoms with E-state index in [-0.39, 0.29) is 6.04 Å². The van der Waals surface area contributed by atoms with Gasteiger partial charge in [0.05, 0.1) is 0 Å². The Balaban J connectivity index is 2.10. The van der Waals surface area contributed by atoms with Gasteiger partial charge in [-0.3, -0.25) is 0 Å².